The van der Waals surface area contributed by atoms with Crippen LogP contribution in [-0.4, -0.2) is 53.7 Å². The number of benzene rings is 1. The summed E-state index contributed by atoms with van der Waals surface area (Å²) in [6.45, 7) is 4.33. The van der Waals surface area contributed by atoms with E-state index in [1.165, 1.54) is 23.8 Å². The molecule has 0 aliphatic carbocycles. The minimum absolute atomic E-state index is 0.125. The van der Waals surface area contributed by atoms with Crippen LogP contribution in [0.25, 0.3) is 10.9 Å². The second-order valence-electron chi connectivity index (χ2n) is 7.60. The van der Waals surface area contributed by atoms with Crippen LogP contribution in [0.1, 0.15) is 37.8 Å². The van der Waals surface area contributed by atoms with E-state index in [2.05, 4.69) is 62.0 Å². The molecule has 3 aliphatic rings. The number of anilines is 1. The summed E-state index contributed by atoms with van der Waals surface area (Å²) in [7, 11) is 0. The topological polar surface area (TPSA) is 82.5 Å². The van der Waals surface area contributed by atoms with Gasteiger partial charge in [-0.15, -0.1) is 0 Å². The Morgan fingerprint density at radius 2 is 2.00 bits per heavy atom. The van der Waals surface area contributed by atoms with Crippen molar-refractivity contribution in [1.82, 2.24) is 9.88 Å². The molecular formula is C21H25N7. The first-order chi connectivity index (χ1) is 13.8. The van der Waals surface area contributed by atoms with E-state index in [0.717, 1.165) is 30.8 Å². The summed E-state index contributed by atoms with van der Waals surface area (Å²) in [6.07, 6.45) is 6.71. The first-order valence-electron chi connectivity index (χ1n) is 10.1. The van der Waals surface area contributed by atoms with E-state index in [1.54, 1.807) is 6.34 Å². The molecular weight excluding hydrogens is 350 g/mol. The Hall–Kier alpha value is -2.96. The molecule has 2 N–H and O–H groups in total. The molecule has 5 rings (SSSR count). The summed E-state index contributed by atoms with van der Waals surface area (Å²) in [4.78, 5) is 23.1. The lowest BCUT2D eigenvalue weighted by Crippen LogP contribution is -2.45. The van der Waals surface area contributed by atoms with Gasteiger partial charge in [0.2, 0.25) is 0 Å². The van der Waals surface area contributed by atoms with Crippen molar-refractivity contribution in [2.24, 2.45) is 20.7 Å². The molecule has 0 saturated carbocycles. The summed E-state index contributed by atoms with van der Waals surface area (Å²) >= 11 is 0. The van der Waals surface area contributed by atoms with Gasteiger partial charge < -0.3 is 15.5 Å². The molecule has 3 unspecified atom stereocenters. The number of hydrogen-bond acceptors (Lipinski definition) is 7. The minimum Gasteiger partial charge on any atom is -0.385 e. The Labute approximate surface area is 164 Å². The Kier molecular flexibility index (Phi) is 4.22. The van der Waals surface area contributed by atoms with Crippen molar-refractivity contribution in [1.29, 1.82) is 0 Å². The summed E-state index contributed by atoms with van der Waals surface area (Å²) in [5.41, 5.74) is 8.35. The van der Waals surface area contributed by atoms with E-state index >= 15 is 0 Å². The third kappa shape index (κ3) is 2.73. The Morgan fingerprint density at radius 3 is 2.82 bits per heavy atom. The normalized spacial score (nSPS) is 24.7. The fourth-order valence-electron chi connectivity index (χ4n) is 4.50. The van der Waals surface area contributed by atoms with Crippen molar-refractivity contribution < 1.29 is 0 Å². The van der Waals surface area contributed by atoms with Gasteiger partial charge in [-0.2, -0.15) is 0 Å². The van der Waals surface area contributed by atoms with Crippen LogP contribution in [0.5, 0.6) is 0 Å². The highest BCUT2D eigenvalue weighted by atomic mass is 15.4. The number of para-hydroxylation sites is 1. The van der Waals surface area contributed by atoms with Crippen molar-refractivity contribution in [3.63, 3.8) is 0 Å². The molecule has 4 heterocycles. The molecule has 0 amide bonds. The quantitative estimate of drug-likeness (QED) is 0.891. The highest BCUT2D eigenvalue weighted by molar-refractivity contribution is 5.96. The number of nitrogens with two attached hydrogens (primary N) is 1. The molecule has 1 fully saturated rings. The Bertz CT molecular complexity index is 974. The Morgan fingerprint density at radius 1 is 1.18 bits per heavy atom. The fourth-order valence-corrected chi connectivity index (χ4v) is 4.50. The van der Waals surface area contributed by atoms with Gasteiger partial charge in [-0.1, -0.05) is 25.1 Å². The van der Waals surface area contributed by atoms with Crippen LogP contribution in [0.3, 0.4) is 0 Å². The van der Waals surface area contributed by atoms with Gasteiger partial charge >= 0.3 is 0 Å². The van der Waals surface area contributed by atoms with E-state index in [0.29, 0.717) is 5.84 Å². The van der Waals surface area contributed by atoms with Gasteiger partial charge in [0.15, 0.2) is 6.17 Å². The van der Waals surface area contributed by atoms with Gasteiger partial charge in [-0.25, -0.2) is 15.0 Å². The number of aromatic nitrogens is 1. The predicted molar refractivity (Wildman–Crippen MR) is 114 cm³/mol. The number of rotatable bonds is 4. The molecule has 1 saturated heterocycles. The van der Waals surface area contributed by atoms with Crippen LogP contribution >= 0.6 is 0 Å². The second-order valence-corrected chi connectivity index (χ2v) is 7.60. The van der Waals surface area contributed by atoms with Crippen LogP contribution < -0.4 is 10.6 Å². The van der Waals surface area contributed by atoms with E-state index in [-0.39, 0.29) is 18.2 Å². The van der Waals surface area contributed by atoms with Crippen molar-refractivity contribution in [3.05, 3.63) is 35.9 Å². The number of fused-ring (bicyclic) bond motifs is 2. The molecule has 3 atom stereocenters. The zero-order valence-corrected chi connectivity index (χ0v) is 16.1. The van der Waals surface area contributed by atoms with Crippen LogP contribution in [0.15, 0.2) is 45.3 Å². The van der Waals surface area contributed by atoms with Crippen LogP contribution in [0.2, 0.25) is 0 Å². The SMILES string of the molecule is CCC(c1cc2ccccc2nc1N1CCCC1)N1C=NC2C(N)=NC=NC21. The molecule has 28 heavy (non-hydrogen) atoms. The molecule has 144 valence electrons. The smallest absolute Gasteiger partial charge is 0.154 e. The third-order valence-corrected chi connectivity index (χ3v) is 5.92. The standard InChI is InChI=1S/C21H25N7/c1-2-17(28-13-25-18-19(22)23-12-24-21(18)28)15-11-14-7-3-4-8-16(14)26-20(15)27-9-5-6-10-27/h3-4,7-8,11-13,17-18,21H,2,5-6,9-10H2,1H3,(H2,22,23,24). The maximum Gasteiger partial charge on any atom is 0.154 e. The highest BCUT2D eigenvalue weighted by Crippen LogP contribution is 2.37. The first-order valence-corrected chi connectivity index (χ1v) is 10.1. The number of amidine groups is 1. The van der Waals surface area contributed by atoms with Gasteiger partial charge in [-0.05, 0) is 31.4 Å². The van der Waals surface area contributed by atoms with Gasteiger partial charge in [0.1, 0.15) is 24.0 Å². The largest absolute Gasteiger partial charge is 0.385 e. The van der Waals surface area contributed by atoms with Gasteiger partial charge in [0.05, 0.1) is 17.9 Å². The number of aliphatic imine (C=N–C) groups is 3. The summed E-state index contributed by atoms with van der Waals surface area (Å²) < 4.78 is 0. The lowest BCUT2D eigenvalue weighted by molar-refractivity contribution is 0.256. The molecule has 0 radical (unpaired) electrons. The summed E-state index contributed by atoms with van der Waals surface area (Å²) in [5, 5.41) is 1.17. The third-order valence-electron chi connectivity index (χ3n) is 5.92. The van der Waals surface area contributed by atoms with Crippen molar-refractivity contribution in [2.45, 2.75) is 44.4 Å². The van der Waals surface area contributed by atoms with Crippen molar-refractivity contribution >= 4 is 35.2 Å². The van der Waals surface area contributed by atoms with E-state index in [1.807, 2.05) is 6.34 Å². The lowest BCUT2D eigenvalue weighted by atomic mass is 9.99. The molecule has 3 aliphatic heterocycles. The highest BCUT2D eigenvalue weighted by Gasteiger charge is 2.39. The van der Waals surface area contributed by atoms with Crippen LogP contribution in [0.4, 0.5) is 5.82 Å². The van der Waals surface area contributed by atoms with E-state index in [9.17, 15) is 0 Å². The summed E-state index contributed by atoms with van der Waals surface area (Å²) in [5.74, 6) is 1.63. The maximum atomic E-state index is 6.06. The minimum atomic E-state index is -0.192. The zero-order chi connectivity index (χ0) is 19.1. The molecule has 1 aromatic carbocycles. The monoisotopic (exact) mass is 375 g/mol. The van der Waals surface area contributed by atoms with E-state index < -0.39 is 0 Å². The molecule has 0 spiro atoms. The van der Waals surface area contributed by atoms with Crippen molar-refractivity contribution in [2.75, 3.05) is 18.0 Å². The van der Waals surface area contributed by atoms with Gasteiger partial charge in [0, 0.05) is 24.0 Å². The van der Waals surface area contributed by atoms with Gasteiger partial charge in [0.25, 0.3) is 0 Å². The number of pyridine rings is 1. The van der Waals surface area contributed by atoms with Gasteiger partial charge in [-0.3, -0.25) is 4.99 Å². The molecule has 7 nitrogen and oxygen atoms in total. The average Bonchev–Trinajstić information content (AvgIpc) is 3.39. The predicted octanol–water partition coefficient (Wildman–Crippen LogP) is 2.72. The Balaban J connectivity index is 1.60. The van der Waals surface area contributed by atoms with Crippen LogP contribution in [0, 0.1) is 0 Å². The van der Waals surface area contributed by atoms with Crippen molar-refractivity contribution in [3.8, 4) is 0 Å². The zero-order valence-electron chi connectivity index (χ0n) is 16.1. The maximum absolute atomic E-state index is 6.06. The lowest BCUT2D eigenvalue weighted by Gasteiger charge is -2.35. The molecule has 1 aromatic heterocycles. The van der Waals surface area contributed by atoms with E-state index in [4.69, 9.17) is 10.7 Å². The number of hydrogen-bond donors (Lipinski definition) is 1. The fraction of sp³-hybridized carbons (Fsp3) is 0.429. The summed E-state index contributed by atoms with van der Waals surface area (Å²) in [6, 6.07) is 10.6. The van der Waals surface area contributed by atoms with Crippen LogP contribution in [-0.2, 0) is 0 Å². The molecule has 2 aromatic rings. The number of nitrogens with zero attached hydrogens (tertiary/aromatic N) is 6. The second kappa shape index (κ2) is 6.89. The average molecular weight is 375 g/mol. The molecule has 0 bridgehead atoms. The molecule has 7 heteroatoms. The first kappa shape index (κ1) is 17.2.